The molecule has 0 saturated heterocycles. The minimum atomic E-state index is 0.116. The number of hydrogen-bond donors (Lipinski definition) is 0. The highest BCUT2D eigenvalue weighted by atomic mass is 16.5. The molecule has 94 valence electrons. The zero-order valence-electron chi connectivity index (χ0n) is 10.5. The molecule has 0 fully saturated rings. The topological polar surface area (TPSA) is 68.9 Å². The average molecular weight is 245 g/mol. The number of aromatic nitrogens is 3. The molecule has 2 aromatic rings. The van der Waals surface area contributed by atoms with Gasteiger partial charge in [-0.1, -0.05) is 12.1 Å². The van der Waals surface area contributed by atoms with Gasteiger partial charge in [-0.3, -0.25) is 9.78 Å². The summed E-state index contributed by atoms with van der Waals surface area (Å²) in [6.07, 6.45) is 3.27. The summed E-state index contributed by atoms with van der Waals surface area (Å²) < 4.78 is 5.05. The molecule has 18 heavy (non-hydrogen) atoms. The summed E-state index contributed by atoms with van der Waals surface area (Å²) in [5.74, 6) is 0.898. The molecule has 0 N–H and O–H groups in total. The molecule has 0 radical (unpaired) electrons. The van der Waals surface area contributed by atoms with E-state index in [1.54, 1.807) is 6.20 Å². The van der Waals surface area contributed by atoms with Crippen LogP contribution in [0.15, 0.2) is 22.9 Å². The van der Waals surface area contributed by atoms with Gasteiger partial charge in [-0.05, 0) is 31.0 Å². The number of pyridine rings is 1. The smallest absolute Gasteiger partial charge is 0.234 e. The van der Waals surface area contributed by atoms with E-state index in [4.69, 9.17) is 4.52 Å². The molecule has 2 aromatic heterocycles. The highest BCUT2D eigenvalue weighted by Crippen LogP contribution is 2.14. The molecular formula is C13H15N3O2. The van der Waals surface area contributed by atoms with Gasteiger partial charge in [0.05, 0.1) is 6.42 Å². The minimum absolute atomic E-state index is 0.116. The summed E-state index contributed by atoms with van der Waals surface area (Å²) in [4.78, 5) is 19.8. The number of carbonyl (C=O) groups is 1. The zero-order valence-corrected chi connectivity index (χ0v) is 10.5. The van der Waals surface area contributed by atoms with Crippen molar-refractivity contribution < 1.29 is 9.32 Å². The van der Waals surface area contributed by atoms with Crippen molar-refractivity contribution in [3.05, 3.63) is 29.8 Å². The summed E-state index contributed by atoms with van der Waals surface area (Å²) in [5, 5.41) is 3.84. The van der Waals surface area contributed by atoms with Gasteiger partial charge in [0, 0.05) is 12.6 Å². The Morgan fingerprint density at radius 1 is 1.44 bits per heavy atom. The fourth-order valence-electron chi connectivity index (χ4n) is 1.63. The highest BCUT2D eigenvalue weighted by Gasteiger charge is 2.12. The van der Waals surface area contributed by atoms with Gasteiger partial charge in [0.1, 0.15) is 11.5 Å². The van der Waals surface area contributed by atoms with Crippen molar-refractivity contribution in [2.24, 2.45) is 0 Å². The van der Waals surface area contributed by atoms with Gasteiger partial charge >= 0.3 is 0 Å². The van der Waals surface area contributed by atoms with Gasteiger partial charge in [-0.2, -0.15) is 4.98 Å². The molecule has 0 amide bonds. The van der Waals surface area contributed by atoms with Crippen LogP contribution in [0.4, 0.5) is 0 Å². The molecule has 5 nitrogen and oxygen atoms in total. The highest BCUT2D eigenvalue weighted by molar-refractivity contribution is 5.79. The SMILES string of the molecule is CCCC(=O)Cc1nc(-c2cc(C)ccn2)no1. The Balaban J connectivity index is 2.13. The Hall–Kier alpha value is -2.04. The number of hydrogen-bond acceptors (Lipinski definition) is 5. The van der Waals surface area contributed by atoms with E-state index >= 15 is 0 Å². The second-order valence-corrected chi connectivity index (χ2v) is 4.20. The van der Waals surface area contributed by atoms with Gasteiger partial charge < -0.3 is 4.52 Å². The van der Waals surface area contributed by atoms with Crippen molar-refractivity contribution in [3.63, 3.8) is 0 Å². The quantitative estimate of drug-likeness (QED) is 0.808. The number of ketones is 1. The lowest BCUT2D eigenvalue weighted by molar-refractivity contribution is -0.118. The van der Waals surface area contributed by atoms with Gasteiger partial charge in [0.15, 0.2) is 0 Å². The number of rotatable bonds is 5. The Labute approximate surface area is 105 Å². The van der Waals surface area contributed by atoms with Crippen LogP contribution in [-0.4, -0.2) is 20.9 Å². The van der Waals surface area contributed by atoms with E-state index in [9.17, 15) is 4.79 Å². The molecular weight excluding hydrogens is 230 g/mol. The fourth-order valence-corrected chi connectivity index (χ4v) is 1.63. The van der Waals surface area contributed by atoms with Crippen LogP contribution in [0.2, 0.25) is 0 Å². The second kappa shape index (κ2) is 5.53. The first kappa shape index (κ1) is 12.4. The molecule has 0 aliphatic heterocycles. The molecule has 0 unspecified atom stereocenters. The van der Waals surface area contributed by atoms with Crippen LogP contribution < -0.4 is 0 Å². The molecule has 0 aromatic carbocycles. The Morgan fingerprint density at radius 3 is 3.00 bits per heavy atom. The normalized spacial score (nSPS) is 10.6. The summed E-state index contributed by atoms with van der Waals surface area (Å²) in [7, 11) is 0. The lowest BCUT2D eigenvalue weighted by Crippen LogP contribution is -2.01. The predicted octanol–water partition coefficient (Wildman–Crippen LogP) is 2.35. The van der Waals surface area contributed by atoms with Crippen LogP contribution in [0.1, 0.15) is 31.2 Å². The molecule has 2 rings (SSSR count). The van der Waals surface area contributed by atoms with Crippen LogP contribution in [0.25, 0.3) is 11.5 Å². The molecule has 2 heterocycles. The van der Waals surface area contributed by atoms with Gasteiger partial charge in [0.2, 0.25) is 11.7 Å². The van der Waals surface area contributed by atoms with Crippen molar-refractivity contribution in [1.82, 2.24) is 15.1 Å². The fraction of sp³-hybridized carbons (Fsp3) is 0.385. The maximum atomic E-state index is 11.5. The molecule has 0 aliphatic carbocycles. The number of nitrogens with zero attached hydrogens (tertiary/aromatic N) is 3. The Morgan fingerprint density at radius 2 is 2.28 bits per heavy atom. The van der Waals surface area contributed by atoms with Crippen LogP contribution in [-0.2, 0) is 11.2 Å². The van der Waals surface area contributed by atoms with E-state index in [-0.39, 0.29) is 12.2 Å². The van der Waals surface area contributed by atoms with Crippen molar-refractivity contribution in [3.8, 4) is 11.5 Å². The van der Waals surface area contributed by atoms with E-state index < -0.39 is 0 Å². The lowest BCUT2D eigenvalue weighted by atomic mass is 10.2. The standard InChI is InChI=1S/C13H15N3O2/c1-3-4-10(17)8-12-15-13(16-18-12)11-7-9(2)5-6-14-11/h5-7H,3-4,8H2,1-2H3. The van der Waals surface area contributed by atoms with Crippen LogP contribution >= 0.6 is 0 Å². The monoisotopic (exact) mass is 245 g/mol. The minimum Gasteiger partial charge on any atom is -0.338 e. The number of carbonyl (C=O) groups excluding carboxylic acids is 1. The third-order valence-electron chi connectivity index (χ3n) is 2.49. The number of aryl methyl sites for hydroxylation is 1. The van der Waals surface area contributed by atoms with E-state index in [1.165, 1.54) is 0 Å². The van der Waals surface area contributed by atoms with E-state index in [2.05, 4.69) is 15.1 Å². The summed E-state index contributed by atoms with van der Waals surface area (Å²) >= 11 is 0. The summed E-state index contributed by atoms with van der Waals surface area (Å²) in [6, 6.07) is 3.78. The van der Waals surface area contributed by atoms with Crippen LogP contribution in [0.3, 0.4) is 0 Å². The molecule has 5 heteroatoms. The Kier molecular flexibility index (Phi) is 3.82. The maximum Gasteiger partial charge on any atom is 0.234 e. The van der Waals surface area contributed by atoms with Crippen LogP contribution in [0, 0.1) is 6.92 Å². The maximum absolute atomic E-state index is 11.5. The zero-order chi connectivity index (χ0) is 13.0. The summed E-state index contributed by atoms with van der Waals surface area (Å²) in [5.41, 5.74) is 1.74. The van der Waals surface area contributed by atoms with Crippen LogP contribution in [0.5, 0.6) is 0 Å². The van der Waals surface area contributed by atoms with Crippen molar-refractivity contribution in [1.29, 1.82) is 0 Å². The first-order valence-corrected chi connectivity index (χ1v) is 5.96. The largest absolute Gasteiger partial charge is 0.338 e. The van der Waals surface area contributed by atoms with E-state index in [1.807, 2.05) is 26.0 Å². The lowest BCUT2D eigenvalue weighted by Gasteiger charge is -1.94. The molecule has 0 aliphatic rings. The molecule has 0 atom stereocenters. The number of Topliss-reactive ketones (excluding diaryl/α,β-unsaturated/α-hetero) is 1. The van der Waals surface area contributed by atoms with E-state index in [0.717, 1.165) is 12.0 Å². The third-order valence-corrected chi connectivity index (χ3v) is 2.49. The molecule has 0 bridgehead atoms. The average Bonchev–Trinajstić information content (AvgIpc) is 2.78. The van der Waals surface area contributed by atoms with Crippen molar-refractivity contribution in [2.45, 2.75) is 33.1 Å². The van der Waals surface area contributed by atoms with Crippen molar-refractivity contribution >= 4 is 5.78 Å². The Bertz CT molecular complexity index is 549. The summed E-state index contributed by atoms with van der Waals surface area (Å²) in [6.45, 7) is 3.94. The van der Waals surface area contributed by atoms with Gasteiger partial charge in [-0.25, -0.2) is 0 Å². The van der Waals surface area contributed by atoms with Gasteiger partial charge in [-0.15, -0.1) is 0 Å². The van der Waals surface area contributed by atoms with E-state index in [0.29, 0.717) is 23.8 Å². The predicted molar refractivity (Wildman–Crippen MR) is 65.9 cm³/mol. The van der Waals surface area contributed by atoms with Crippen molar-refractivity contribution in [2.75, 3.05) is 0 Å². The van der Waals surface area contributed by atoms with Gasteiger partial charge in [0.25, 0.3) is 0 Å². The molecule has 0 spiro atoms. The first-order valence-electron chi connectivity index (χ1n) is 5.96. The molecule has 0 saturated carbocycles. The second-order valence-electron chi connectivity index (χ2n) is 4.20. The first-order chi connectivity index (χ1) is 8.69. The third kappa shape index (κ3) is 3.00.